The molecule has 0 amide bonds. The van der Waals surface area contributed by atoms with Crippen LogP contribution in [0.4, 0.5) is 5.69 Å². The first-order valence-corrected chi connectivity index (χ1v) is 5.77. The fourth-order valence-electron chi connectivity index (χ4n) is 1.32. The van der Waals surface area contributed by atoms with E-state index in [1.54, 1.807) is 0 Å². The van der Waals surface area contributed by atoms with E-state index in [4.69, 9.17) is 23.2 Å². The minimum atomic E-state index is -0.646. The van der Waals surface area contributed by atoms with Crippen LogP contribution >= 0.6 is 23.2 Å². The second-order valence-electron chi connectivity index (χ2n) is 3.54. The Bertz CT molecular complexity index is 770. The molecule has 1 aromatic carbocycles. The van der Waals surface area contributed by atoms with Crippen LogP contribution in [-0.2, 0) is 0 Å². The normalized spacial score (nSPS) is 10.5. The molecule has 3 N–H and O–H groups in total. The monoisotopic (exact) mass is 322 g/mol. The Kier molecular flexibility index (Phi) is 6.04. The first kappa shape index (κ1) is 17.0. The predicted octanol–water partition coefficient (Wildman–Crippen LogP) is -1.17. The largest absolute Gasteiger partial charge is 1.00 e. The zero-order valence-electron chi connectivity index (χ0n) is 10.3. The molecule has 0 aliphatic heterocycles. The van der Waals surface area contributed by atoms with Crippen LogP contribution in [0.2, 0.25) is 10.0 Å². The van der Waals surface area contributed by atoms with Crippen molar-refractivity contribution in [3.63, 3.8) is 0 Å². The first-order valence-electron chi connectivity index (χ1n) is 5.01. The third kappa shape index (κ3) is 3.97. The molecule has 1 aromatic heterocycles. The zero-order valence-corrected chi connectivity index (χ0v) is 13.8. The van der Waals surface area contributed by atoms with Crippen molar-refractivity contribution in [2.24, 2.45) is 4.99 Å². The molecule has 0 aliphatic carbocycles. The SMILES string of the molecule is O=c1[nH]cc(N=Cc2cc(Cl)cc(Cl)c2O)c(=O)[nH]1.[Na+]. The van der Waals surface area contributed by atoms with E-state index in [2.05, 4.69) is 9.98 Å². The van der Waals surface area contributed by atoms with Crippen LogP contribution in [0.1, 0.15) is 5.56 Å². The molecule has 1 heterocycles. The number of aromatic amines is 2. The van der Waals surface area contributed by atoms with Gasteiger partial charge in [-0.05, 0) is 12.1 Å². The number of aliphatic imine (C=N–C) groups is 1. The van der Waals surface area contributed by atoms with Crippen molar-refractivity contribution in [3.8, 4) is 5.75 Å². The third-order valence-electron chi connectivity index (χ3n) is 2.20. The summed E-state index contributed by atoms with van der Waals surface area (Å²) in [4.78, 5) is 30.3. The summed E-state index contributed by atoms with van der Waals surface area (Å²) in [5, 5.41) is 10.1. The number of hydrogen-bond acceptors (Lipinski definition) is 4. The topological polar surface area (TPSA) is 98.3 Å². The Balaban J connectivity index is 0.00000200. The fourth-order valence-corrected chi connectivity index (χ4v) is 1.83. The van der Waals surface area contributed by atoms with Gasteiger partial charge in [-0.1, -0.05) is 23.2 Å². The van der Waals surface area contributed by atoms with Gasteiger partial charge in [0.1, 0.15) is 11.4 Å². The minimum Gasteiger partial charge on any atom is -0.506 e. The molecule has 0 saturated heterocycles. The average molecular weight is 323 g/mol. The maximum atomic E-state index is 11.4. The van der Waals surface area contributed by atoms with Crippen molar-refractivity contribution >= 4 is 35.1 Å². The fraction of sp³-hybridized carbons (Fsp3) is 0. The van der Waals surface area contributed by atoms with Gasteiger partial charge in [-0.15, -0.1) is 0 Å². The number of phenolic OH excluding ortho intramolecular Hbond substituents is 1. The summed E-state index contributed by atoms with van der Waals surface area (Å²) < 4.78 is 0. The number of rotatable bonds is 2. The van der Waals surface area contributed by atoms with Crippen molar-refractivity contribution in [1.82, 2.24) is 9.97 Å². The molecule has 20 heavy (non-hydrogen) atoms. The number of nitrogens with zero attached hydrogens (tertiary/aromatic N) is 1. The van der Waals surface area contributed by atoms with Gasteiger partial charge in [-0.25, -0.2) is 9.79 Å². The summed E-state index contributed by atoms with van der Waals surface area (Å²) in [6, 6.07) is 2.81. The van der Waals surface area contributed by atoms with Crippen LogP contribution in [0.25, 0.3) is 0 Å². The number of nitrogens with one attached hydrogen (secondary N) is 2. The molecule has 6 nitrogen and oxygen atoms in total. The molecule has 9 heteroatoms. The van der Waals surface area contributed by atoms with Gasteiger partial charge >= 0.3 is 35.2 Å². The van der Waals surface area contributed by atoms with Gasteiger partial charge in [0.25, 0.3) is 5.56 Å². The summed E-state index contributed by atoms with van der Waals surface area (Å²) in [5.74, 6) is -0.198. The van der Waals surface area contributed by atoms with Crippen molar-refractivity contribution in [2.45, 2.75) is 0 Å². The van der Waals surface area contributed by atoms with Crippen LogP contribution in [0.15, 0.2) is 32.9 Å². The molecular weight excluding hydrogens is 316 g/mol. The Hall–Kier alpha value is -1.05. The Labute approximate surface area is 144 Å². The van der Waals surface area contributed by atoms with Gasteiger partial charge in [0.15, 0.2) is 0 Å². The van der Waals surface area contributed by atoms with Crippen molar-refractivity contribution in [3.05, 3.63) is 54.8 Å². The minimum absolute atomic E-state index is 0. The number of halogens is 2. The molecule has 98 valence electrons. The molecule has 2 rings (SSSR count). The number of aromatic hydroxyl groups is 1. The molecule has 2 aromatic rings. The van der Waals surface area contributed by atoms with E-state index in [1.165, 1.54) is 18.3 Å². The number of phenols is 1. The summed E-state index contributed by atoms with van der Waals surface area (Å²) in [6.07, 6.45) is 2.37. The molecule has 0 atom stereocenters. The third-order valence-corrected chi connectivity index (χ3v) is 2.71. The maximum absolute atomic E-state index is 11.4. The maximum Gasteiger partial charge on any atom is 1.00 e. The number of hydrogen-bond donors (Lipinski definition) is 3. The molecule has 0 aliphatic rings. The summed E-state index contributed by atoms with van der Waals surface area (Å²) in [7, 11) is 0. The molecule has 0 spiro atoms. The van der Waals surface area contributed by atoms with Gasteiger partial charge in [-0.2, -0.15) is 0 Å². The van der Waals surface area contributed by atoms with E-state index in [1.807, 2.05) is 4.98 Å². The molecule has 0 bridgehead atoms. The molecule has 0 unspecified atom stereocenters. The summed E-state index contributed by atoms with van der Waals surface area (Å²) >= 11 is 11.5. The van der Waals surface area contributed by atoms with Crippen LogP contribution in [0.3, 0.4) is 0 Å². The number of H-pyrrole nitrogens is 2. The van der Waals surface area contributed by atoms with Gasteiger partial charge in [-0.3, -0.25) is 9.78 Å². The Morgan fingerprint density at radius 2 is 1.95 bits per heavy atom. The Morgan fingerprint density at radius 1 is 1.25 bits per heavy atom. The number of benzene rings is 1. The van der Waals surface area contributed by atoms with Crippen LogP contribution in [-0.4, -0.2) is 21.3 Å². The first-order chi connectivity index (χ1) is 8.97. The van der Waals surface area contributed by atoms with Gasteiger partial charge < -0.3 is 10.1 Å². The van der Waals surface area contributed by atoms with E-state index >= 15 is 0 Å². The van der Waals surface area contributed by atoms with Crippen molar-refractivity contribution in [2.75, 3.05) is 0 Å². The van der Waals surface area contributed by atoms with E-state index < -0.39 is 11.2 Å². The summed E-state index contributed by atoms with van der Waals surface area (Å²) in [6.45, 7) is 0. The standard InChI is InChI=1S/C11H7Cl2N3O3.Na/c12-6-1-5(9(17)7(13)2-6)3-14-8-4-15-11(19)16-10(8)18;/h1-4,17H,(H2,15,16,18,19);/q;+1. The van der Waals surface area contributed by atoms with E-state index in [-0.39, 0.29) is 51.6 Å². The second kappa shape index (κ2) is 7.10. The molecule has 0 saturated carbocycles. The summed E-state index contributed by atoms with van der Waals surface area (Å²) in [5.41, 5.74) is -1.04. The van der Waals surface area contributed by atoms with Crippen LogP contribution in [0.5, 0.6) is 5.75 Å². The van der Waals surface area contributed by atoms with Gasteiger partial charge in [0, 0.05) is 23.0 Å². The van der Waals surface area contributed by atoms with E-state index in [9.17, 15) is 14.7 Å². The molecule has 0 radical (unpaired) electrons. The Morgan fingerprint density at radius 3 is 2.60 bits per heavy atom. The number of aromatic nitrogens is 2. The van der Waals surface area contributed by atoms with Crippen LogP contribution < -0.4 is 40.8 Å². The predicted molar refractivity (Wildman–Crippen MR) is 73.1 cm³/mol. The quantitative estimate of drug-likeness (QED) is 0.480. The van der Waals surface area contributed by atoms with E-state index in [0.29, 0.717) is 5.02 Å². The van der Waals surface area contributed by atoms with Crippen molar-refractivity contribution in [1.29, 1.82) is 0 Å². The molecular formula is C11H7Cl2N3NaO3+. The molecule has 0 fully saturated rings. The average Bonchev–Trinajstić information content (AvgIpc) is 2.33. The zero-order chi connectivity index (χ0) is 14.0. The van der Waals surface area contributed by atoms with Gasteiger partial charge in [0.2, 0.25) is 0 Å². The van der Waals surface area contributed by atoms with E-state index in [0.717, 1.165) is 6.20 Å². The van der Waals surface area contributed by atoms with Gasteiger partial charge in [0.05, 0.1) is 5.02 Å². The van der Waals surface area contributed by atoms with Crippen molar-refractivity contribution < 1.29 is 34.7 Å². The van der Waals surface area contributed by atoms with Crippen LogP contribution in [0, 0.1) is 0 Å². The smallest absolute Gasteiger partial charge is 0.506 e. The second-order valence-corrected chi connectivity index (χ2v) is 4.38.